The van der Waals surface area contributed by atoms with Crippen molar-refractivity contribution >= 4 is 5.97 Å². The van der Waals surface area contributed by atoms with E-state index in [2.05, 4.69) is 4.74 Å². The van der Waals surface area contributed by atoms with Crippen LogP contribution in [0.4, 0.5) is 0 Å². The van der Waals surface area contributed by atoms with Gasteiger partial charge in [-0.15, -0.1) is 0 Å². The molecular formula is C12H14O4. The van der Waals surface area contributed by atoms with Crippen molar-refractivity contribution in [2.24, 2.45) is 0 Å². The summed E-state index contributed by atoms with van der Waals surface area (Å²) in [6, 6.07) is 5.32. The number of fused-ring (bicyclic) bond motifs is 1. The Balaban J connectivity index is 2.26. The Bertz CT molecular complexity index is 400. The van der Waals surface area contributed by atoms with Crippen molar-refractivity contribution in [3.8, 4) is 5.75 Å². The summed E-state index contributed by atoms with van der Waals surface area (Å²) in [6.45, 7) is 0.685. The van der Waals surface area contributed by atoms with E-state index in [9.17, 15) is 9.90 Å². The lowest BCUT2D eigenvalue weighted by atomic mass is 10.0. The van der Waals surface area contributed by atoms with Gasteiger partial charge in [0.25, 0.3) is 0 Å². The molecule has 2 rings (SSSR count). The summed E-state index contributed by atoms with van der Waals surface area (Å²) in [7, 11) is 1.25. The fourth-order valence-corrected chi connectivity index (χ4v) is 1.77. The summed E-state index contributed by atoms with van der Waals surface area (Å²) in [5, 5.41) is 9.66. The third-order valence-corrected chi connectivity index (χ3v) is 2.68. The molecule has 1 aromatic rings. The second kappa shape index (κ2) is 4.53. The first-order valence-corrected chi connectivity index (χ1v) is 5.24. The fourth-order valence-electron chi connectivity index (χ4n) is 1.77. The number of aryl methyl sites for hydroxylation is 1. The third kappa shape index (κ3) is 2.02. The maximum absolute atomic E-state index is 11.2. The van der Waals surface area contributed by atoms with Crippen LogP contribution >= 0.6 is 0 Å². The second-order valence-corrected chi connectivity index (χ2v) is 3.74. The topological polar surface area (TPSA) is 55.8 Å². The Morgan fingerprint density at radius 2 is 2.38 bits per heavy atom. The van der Waals surface area contributed by atoms with Crippen molar-refractivity contribution in [1.82, 2.24) is 0 Å². The quantitative estimate of drug-likeness (QED) is 0.764. The molecule has 4 heteroatoms. The number of hydrogen-bond donors (Lipinski definition) is 1. The number of aliphatic hydroxyl groups excluding tert-OH is 1. The highest BCUT2D eigenvalue weighted by Gasteiger charge is 2.20. The number of benzene rings is 1. The van der Waals surface area contributed by atoms with Gasteiger partial charge in [-0.05, 0) is 30.0 Å². The number of ether oxygens (including phenoxy) is 2. The molecular weight excluding hydrogens is 208 g/mol. The highest BCUT2D eigenvalue weighted by molar-refractivity contribution is 5.76. The number of aliphatic hydroxyl groups is 1. The van der Waals surface area contributed by atoms with Crippen LogP contribution in [-0.2, 0) is 16.0 Å². The minimum absolute atomic E-state index is 0.507. The molecule has 0 spiro atoms. The Morgan fingerprint density at radius 1 is 1.56 bits per heavy atom. The van der Waals surface area contributed by atoms with Crippen LogP contribution in [0.25, 0.3) is 0 Å². The van der Waals surface area contributed by atoms with Crippen molar-refractivity contribution < 1.29 is 19.4 Å². The van der Waals surface area contributed by atoms with E-state index >= 15 is 0 Å². The molecule has 4 nitrogen and oxygen atoms in total. The molecule has 0 aromatic heterocycles. The molecule has 1 unspecified atom stereocenters. The van der Waals surface area contributed by atoms with Gasteiger partial charge in [0.2, 0.25) is 0 Å². The summed E-state index contributed by atoms with van der Waals surface area (Å²) in [4.78, 5) is 11.2. The molecule has 1 aliphatic rings. The summed E-state index contributed by atoms with van der Waals surface area (Å²) < 4.78 is 9.95. The van der Waals surface area contributed by atoms with Crippen LogP contribution < -0.4 is 4.74 Å². The average molecular weight is 222 g/mol. The second-order valence-electron chi connectivity index (χ2n) is 3.74. The predicted molar refractivity (Wildman–Crippen MR) is 57.2 cm³/mol. The van der Waals surface area contributed by atoms with E-state index in [1.165, 1.54) is 7.11 Å². The minimum Gasteiger partial charge on any atom is -0.493 e. The molecule has 0 fully saturated rings. The lowest BCUT2D eigenvalue weighted by Crippen LogP contribution is -2.15. The molecule has 0 amide bonds. The maximum Gasteiger partial charge on any atom is 0.339 e. The Hall–Kier alpha value is -1.55. The van der Waals surface area contributed by atoms with E-state index in [4.69, 9.17) is 4.74 Å². The smallest absolute Gasteiger partial charge is 0.339 e. The zero-order valence-electron chi connectivity index (χ0n) is 9.10. The number of hydrogen-bond acceptors (Lipinski definition) is 4. The predicted octanol–water partition coefficient (Wildman–Crippen LogP) is 1.22. The molecule has 0 radical (unpaired) electrons. The first-order chi connectivity index (χ1) is 7.72. The number of rotatable bonds is 2. The molecule has 0 saturated heterocycles. The van der Waals surface area contributed by atoms with Gasteiger partial charge in [-0.1, -0.05) is 12.1 Å². The average Bonchev–Trinajstić information content (AvgIpc) is 2.36. The van der Waals surface area contributed by atoms with Crippen LogP contribution in [0.15, 0.2) is 18.2 Å². The Labute approximate surface area is 93.8 Å². The van der Waals surface area contributed by atoms with Gasteiger partial charge >= 0.3 is 5.97 Å². The summed E-state index contributed by atoms with van der Waals surface area (Å²) in [5.74, 6) is 0.0995. The van der Waals surface area contributed by atoms with Crippen molar-refractivity contribution in [2.45, 2.75) is 18.9 Å². The van der Waals surface area contributed by atoms with Crippen molar-refractivity contribution in [2.75, 3.05) is 13.7 Å². The van der Waals surface area contributed by atoms with Crippen LogP contribution in [-0.4, -0.2) is 24.8 Å². The zero-order valence-corrected chi connectivity index (χ0v) is 9.10. The zero-order chi connectivity index (χ0) is 11.5. The molecule has 1 aromatic carbocycles. The Morgan fingerprint density at radius 3 is 3.12 bits per heavy atom. The standard InChI is InChI=1S/C12H14O4/c1-15-12(14)11(13)9-5-4-8-3-2-6-16-10(8)7-9/h4-5,7,11,13H,2-3,6H2,1H3. The SMILES string of the molecule is COC(=O)C(O)c1ccc2c(c1)OCCC2. The van der Waals surface area contributed by atoms with E-state index in [-0.39, 0.29) is 0 Å². The van der Waals surface area contributed by atoms with Gasteiger partial charge < -0.3 is 14.6 Å². The minimum atomic E-state index is -1.24. The van der Waals surface area contributed by atoms with E-state index < -0.39 is 12.1 Å². The maximum atomic E-state index is 11.2. The van der Waals surface area contributed by atoms with Crippen LogP contribution in [0.5, 0.6) is 5.75 Å². The molecule has 86 valence electrons. The van der Waals surface area contributed by atoms with Crippen molar-refractivity contribution in [3.63, 3.8) is 0 Å². The van der Waals surface area contributed by atoms with E-state index in [1.807, 2.05) is 6.07 Å². The first kappa shape index (κ1) is 11.0. The Kier molecular flexibility index (Phi) is 3.10. The highest BCUT2D eigenvalue weighted by atomic mass is 16.5. The highest BCUT2D eigenvalue weighted by Crippen LogP contribution is 2.28. The monoisotopic (exact) mass is 222 g/mol. The van der Waals surface area contributed by atoms with Crippen LogP contribution in [0.1, 0.15) is 23.7 Å². The fraction of sp³-hybridized carbons (Fsp3) is 0.417. The van der Waals surface area contributed by atoms with Crippen molar-refractivity contribution in [3.05, 3.63) is 29.3 Å². The number of methoxy groups -OCH3 is 1. The molecule has 1 N–H and O–H groups in total. The normalized spacial score (nSPS) is 15.9. The van der Waals surface area contributed by atoms with Gasteiger partial charge in [0.1, 0.15) is 5.75 Å². The van der Waals surface area contributed by atoms with Gasteiger partial charge in [0.05, 0.1) is 13.7 Å². The molecule has 0 bridgehead atoms. The molecule has 1 atom stereocenters. The van der Waals surface area contributed by atoms with Gasteiger partial charge in [0.15, 0.2) is 6.10 Å². The van der Waals surface area contributed by atoms with E-state index in [0.29, 0.717) is 12.2 Å². The molecule has 1 heterocycles. The largest absolute Gasteiger partial charge is 0.493 e. The van der Waals surface area contributed by atoms with Crippen LogP contribution in [0.3, 0.4) is 0 Å². The van der Waals surface area contributed by atoms with E-state index in [1.54, 1.807) is 12.1 Å². The number of carbonyl (C=O) groups excluding carboxylic acids is 1. The summed E-state index contributed by atoms with van der Waals surface area (Å²) >= 11 is 0. The van der Waals surface area contributed by atoms with Gasteiger partial charge in [-0.2, -0.15) is 0 Å². The number of carbonyl (C=O) groups is 1. The lowest BCUT2D eigenvalue weighted by molar-refractivity contribution is -0.150. The number of esters is 1. The third-order valence-electron chi connectivity index (χ3n) is 2.68. The van der Waals surface area contributed by atoms with Crippen LogP contribution in [0.2, 0.25) is 0 Å². The van der Waals surface area contributed by atoms with Gasteiger partial charge in [-0.3, -0.25) is 0 Å². The van der Waals surface area contributed by atoms with Gasteiger partial charge in [0, 0.05) is 0 Å². The van der Waals surface area contributed by atoms with Crippen molar-refractivity contribution in [1.29, 1.82) is 0 Å². The molecule has 0 aliphatic carbocycles. The molecule has 0 saturated carbocycles. The summed E-state index contributed by atoms with van der Waals surface area (Å²) in [5.41, 5.74) is 1.62. The summed E-state index contributed by atoms with van der Waals surface area (Å²) in [6.07, 6.45) is 0.747. The van der Waals surface area contributed by atoms with Gasteiger partial charge in [-0.25, -0.2) is 4.79 Å². The molecule has 16 heavy (non-hydrogen) atoms. The first-order valence-electron chi connectivity index (χ1n) is 5.24. The van der Waals surface area contributed by atoms with E-state index in [0.717, 1.165) is 24.2 Å². The molecule has 1 aliphatic heterocycles. The van der Waals surface area contributed by atoms with Crippen LogP contribution in [0, 0.1) is 0 Å². The lowest BCUT2D eigenvalue weighted by Gasteiger charge is -2.18.